The van der Waals surface area contributed by atoms with Crippen molar-refractivity contribution in [3.8, 4) is 0 Å². The Balaban J connectivity index is 3.30. The maximum absolute atomic E-state index is 12.8. The fourth-order valence-corrected chi connectivity index (χ4v) is 3.78. The maximum atomic E-state index is 12.8. The second-order valence-corrected chi connectivity index (χ2v) is 14.0. The van der Waals surface area contributed by atoms with Gasteiger partial charge in [0.1, 0.15) is 6.10 Å². The molecule has 170 valence electrons. The first-order chi connectivity index (χ1) is 13.8. The highest BCUT2D eigenvalue weighted by Gasteiger charge is 2.43. The summed E-state index contributed by atoms with van der Waals surface area (Å²) >= 11 is 0. The molecule has 0 fully saturated rings. The Bertz CT molecular complexity index is 685. The van der Waals surface area contributed by atoms with E-state index >= 15 is 0 Å². The van der Waals surface area contributed by atoms with E-state index in [2.05, 4.69) is 33.9 Å². The van der Waals surface area contributed by atoms with Gasteiger partial charge in [0.25, 0.3) is 5.91 Å². The van der Waals surface area contributed by atoms with E-state index in [0.29, 0.717) is 0 Å². The van der Waals surface area contributed by atoms with Crippen molar-refractivity contribution in [1.29, 1.82) is 0 Å². The number of aliphatic hydroxyl groups is 1. The van der Waals surface area contributed by atoms with E-state index in [-0.39, 0.29) is 11.1 Å². The van der Waals surface area contributed by atoms with E-state index in [9.17, 15) is 9.90 Å². The molecule has 0 unspecified atom stereocenters. The number of ether oxygens (including phenoxy) is 1. The maximum Gasteiger partial charge on any atom is 0.277 e. The Morgan fingerprint density at radius 3 is 2.20 bits per heavy atom. The number of rotatable bonds is 10. The average molecular weight is 438 g/mol. The molecule has 0 spiro atoms. The molecule has 7 heteroatoms. The molecule has 0 aromatic heterocycles. The lowest BCUT2D eigenvalue weighted by Gasteiger charge is -2.41. The minimum atomic E-state index is -2.25. The van der Waals surface area contributed by atoms with Crippen molar-refractivity contribution in [2.75, 3.05) is 14.2 Å². The van der Waals surface area contributed by atoms with Crippen LogP contribution in [0.2, 0.25) is 18.1 Å². The molecular formula is C23H39NO5Si. The van der Waals surface area contributed by atoms with Crippen LogP contribution in [0.25, 0.3) is 6.08 Å². The van der Waals surface area contributed by atoms with E-state index in [4.69, 9.17) is 14.0 Å². The van der Waals surface area contributed by atoms with E-state index in [1.54, 1.807) is 0 Å². The van der Waals surface area contributed by atoms with E-state index in [0.717, 1.165) is 10.6 Å². The minimum absolute atomic E-state index is 0.0622. The van der Waals surface area contributed by atoms with Gasteiger partial charge in [-0.1, -0.05) is 63.3 Å². The summed E-state index contributed by atoms with van der Waals surface area (Å²) in [6.45, 7) is 14.3. The van der Waals surface area contributed by atoms with Crippen molar-refractivity contribution in [1.82, 2.24) is 5.06 Å². The summed E-state index contributed by atoms with van der Waals surface area (Å²) in [5.41, 5.74) is 0.982. The van der Waals surface area contributed by atoms with Crippen LogP contribution in [-0.4, -0.2) is 63.0 Å². The smallest absolute Gasteiger partial charge is 0.277 e. The van der Waals surface area contributed by atoms with Crippen molar-refractivity contribution in [3.05, 3.63) is 42.0 Å². The molecule has 0 bridgehead atoms. The number of aliphatic hydroxyl groups excluding tert-OH is 1. The number of nitrogens with zero attached hydrogens (tertiary/aromatic N) is 1. The van der Waals surface area contributed by atoms with E-state index < -0.39 is 32.5 Å². The number of benzene rings is 1. The Labute approximate surface area is 182 Å². The number of carbonyl (C=O) groups excluding carboxylic acids is 1. The van der Waals surface area contributed by atoms with Crippen molar-refractivity contribution in [2.24, 2.45) is 0 Å². The molecule has 0 aliphatic heterocycles. The summed E-state index contributed by atoms with van der Waals surface area (Å²) in [4.78, 5) is 17.9. The van der Waals surface area contributed by atoms with Gasteiger partial charge in [-0.15, -0.1) is 0 Å². The molecule has 3 atom stereocenters. The zero-order chi connectivity index (χ0) is 23.1. The van der Waals surface area contributed by atoms with Crippen LogP contribution in [0.15, 0.2) is 36.4 Å². The topological polar surface area (TPSA) is 68.2 Å². The molecule has 0 aliphatic carbocycles. The van der Waals surface area contributed by atoms with Crippen LogP contribution < -0.4 is 0 Å². The van der Waals surface area contributed by atoms with Crippen LogP contribution in [0.4, 0.5) is 0 Å². The quantitative estimate of drug-likeness (QED) is 0.437. The molecule has 0 saturated heterocycles. The van der Waals surface area contributed by atoms with Gasteiger partial charge in [-0.3, -0.25) is 9.63 Å². The first kappa shape index (κ1) is 26.5. The lowest BCUT2D eigenvalue weighted by molar-refractivity contribution is -0.193. The van der Waals surface area contributed by atoms with Crippen molar-refractivity contribution < 1.29 is 23.9 Å². The van der Waals surface area contributed by atoms with Crippen molar-refractivity contribution >= 4 is 20.3 Å². The van der Waals surface area contributed by atoms with Gasteiger partial charge in [0.05, 0.1) is 19.3 Å². The lowest BCUT2D eigenvalue weighted by Crippen LogP contribution is -2.53. The predicted molar refractivity (Wildman–Crippen MR) is 123 cm³/mol. The average Bonchev–Trinajstić information content (AvgIpc) is 2.67. The van der Waals surface area contributed by atoms with Crippen LogP contribution in [0, 0.1) is 0 Å². The highest BCUT2D eigenvalue weighted by molar-refractivity contribution is 6.74. The molecule has 1 rings (SSSR count). The number of hydroxylamine groups is 2. The monoisotopic (exact) mass is 437 g/mol. The molecule has 30 heavy (non-hydrogen) atoms. The van der Waals surface area contributed by atoms with E-state index in [1.165, 1.54) is 14.2 Å². The molecule has 1 N–H and O–H groups in total. The number of hydrogen-bond acceptors (Lipinski definition) is 5. The highest BCUT2D eigenvalue weighted by atomic mass is 28.4. The first-order valence-electron chi connectivity index (χ1n) is 10.4. The highest BCUT2D eigenvalue weighted by Crippen LogP contribution is 2.38. The number of likely N-dealkylation sites (N-methyl/N-ethyl adjacent to an activating group) is 1. The SMILES string of the molecule is CON(C)C(=O)[C@H](OC(C)C)[C@@H](O)[C@@H](/C=C/c1ccccc1)O[Si](C)(C)C(C)(C)C. The van der Waals surface area contributed by atoms with Crippen molar-refractivity contribution in [3.63, 3.8) is 0 Å². The summed E-state index contributed by atoms with van der Waals surface area (Å²) < 4.78 is 12.3. The Hall–Kier alpha value is -1.51. The number of amides is 1. The zero-order valence-corrected chi connectivity index (χ0v) is 20.9. The molecule has 0 saturated carbocycles. The zero-order valence-electron chi connectivity index (χ0n) is 19.9. The summed E-state index contributed by atoms with van der Waals surface area (Å²) in [6.07, 6.45) is 0.418. The van der Waals surface area contributed by atoms with Gasteiger partial charge < -0.3 is 14.3 Å². The fraction of sp³-hybridized carbons (Fsp3) is 0.609. The molecule has 6 nitrogen and oxygen atoms in total. The standard InChI is InChI=1S/C23H39NO5Si/c1-17(2)28-21(22(26)24(6)27-7)20(25)19(29-30(8,9)23(3,4)5)16-15-18-13-11-10-12-14-18/h10-17,19-21,25H,1-9H3/b16-15+/t19-,20+,21-/m1/s1. The fourth-order valence-electron chi connectivity index (χ4n) is 2.53. The summed E-state index contributed by atoms with van der Waals surface area (Å²) in [5.74, 6) is -0.462. The summed E-state index contributed by atoms with van der Waals surface area (Å²) in [7, 11) is 0.646. The van der Waals surface area contributed by atoms with Gasteiger partial charge in [-0.2, -0.15) is 0 Å². The van der Waals surface area contributed by atoms with Crippen LogP contribution in [-0.2, 0) is 18.8 Å². The Kier molecular flexibility index (Phi) is 9.90. The van der Waals surface area contributed by atoms with E-state index in [1.807, 2.05) is 56.3 Å². The summed E-state index contributed by atoms with van der Waals surface area (Å²) in [6, 6.07) is 9.78. The molecule has 0 aliphatic rings. The molecular weight excluding hydrogens is 398 g/mol. The van der Waals surface area contributed by atoms with Crippen LogP contribution in [0.5, 0.6) is 0 Å². The molecule has 0 radical (unpaired) electrons. The summed E-state index contributed by atoms with van der Waals surface area (Å²) in [5, 5.41) is 12.3. The van der Waals surface area contributed by atoms with Crippen LogP contribution in [0.1, 0.15) is 40.2 Å². The second-order valence-electron chi connectivity index (χ2n) is 9.23. The van der Waals surface area contributed by atoms with Crippen LogP contribution >= 0.6 is 0 Å². The largest absolute Gasteiger partial charge is 0.408 e. The van der Waals surface area contributed by atoms with Gasteiger partial charge in [0.2, 0.25) is 0 Å². The van der Waals surface area contributed by atoms with Gasteiger partial charge in [0.15, 0.2) is 14.4 Å². The predicted octanol–water partition coefficient (Wildman–Crippen LogP) is 4.26. The second kappa shape index (κ2) is 11.2. The van der Waals surface area contributed by atoms with Gasteiger partial charge in [0, 0.05) is 7.05 Å². The third-order valence-corrected chi connectivity index (χ3v) is 9.88. The molecule has 1 aromatic rings. The Morgan fingerprint density at radius 1 is 1.17 bits per heavy atom. The third-order valence-electron chi connectivity index (χ3n) is 5.41. The first-order valence-corrected chi connectivity index (χ1v) is 13.3. The minimum Gasteiger partial charge on any atom is -0.408 e. The molecule has 0 heterocycles. The molecule has 1 aromatic carbocycles. The Morgan fingerprint density at radius 2 is 1.73 bits per heavy atom. The number of hydrogen-bond donors (Lipinski definition) is 1. The van der Waals surface area contributed by atoms with Crippen LogP contribution in [0.3, 0.4) is 0 Å². The van der Waals surface area contributed by atoms with Crippen molar-refractivity contribution in [2.45, 2.75) is 77.2 Å². The number of carbonyl (C=O) groups is 1. The lowest BCUT2D eigenvalue weighted by atomic mass is 10.0. The molecule has 1 amide bonds. The third kappa shape index (κ3) is 7.63. The van der Waals surface area contributed by atoms with Gasteiger partial charge in [-0.25, -0.2) is 5.06 Å². The van der Waals surface area contributed by atoms with Gasteiger partial charge in [-0.05, 0) is 37.5 Å². The normalized spacial score (nSPS) is 16.0. The van der Waals surface area contributed by atoms with Gasteiger partial charge >= 0.3 is 0 Å².